The number of pyridine rings is 1. The van der Waals surface area contributed by atoms with E-state index in [1.807, 2.05) is 14.0 Å². The van der Waals surface area contributed by atoms with Crippen LogP contribution in [0.2, 0.25) is 0 Å². The molecule has 1 saturated heterocycles. The third kappa shape index (κ3) is 4.12. The van der Waals surface area contributed by atoms with Crippen molar-refractivity contribution in [2.45, 2.75) is 26.3 Å². The van der Waals surface area contributed by atoms with Gasteiger partial charge in [0.25, 0.3) is 11.5 Å². The van der Waals surface area contributed by atoms with Gasteiger partial charge in [-0.1, -0.05) is 6.92 Å². The molecule has 2 aromatic rings. The smallest absolute Gasteiger partial charge is 0.268 e. The van der Waals surface area contributed by atoms with Crippen LogP contribution in [0, 0.1) is 5.82 Å². The lowest BCUT2D eigenvalue weighted by Gasteiger charge is -2.34. The van der Waals surface area contributed by atoms with E-state index in [2.05, 4.69) is 4.90 Å². The Morgan fingerprint density at radius 3 is 2.32 bits per heavy atom. The van der Waals surface area contributed by atoms with E-state index in [-0.39, 0.29) is 17.4 Å². The van der Waals surface area contributed by atoms with Gasteiger partial charge in [-0.15, -0.1) is 0 Å². The lowest BCUT2D eigenvalue weighted by atomic mass is 9.95. The highest BCUT2D eigenvalue weighted by molar-refractivity contribution is 5.96. The molecule has 3 heterocycles. The van der Waals surface area contributed by atoms with Crippen molar-refractivity contribution < 1.29 is 14.0 Å². The summed E-state index contributed by atoms with van der Waals surface area (Å²) in [5, 5.41) is 0. The highest BCUT2D eigenvalue weighted by Crippen LogP contribution is 2.24. The molecule has 31 heavy (non-hydrogen) atoms. The first kappa shape index (κ1) is 21.2. The SMILES string of the molecule is CCC(=O)N1CCc2c(cn(-c3ccc(F)cc3)c(=O)c2C(=O)N2CCN(C)CC2)C1. The zero-order valence-electron chi connectivity index (χ0n) is 17.9. The van der Waals surface area contributed by atoms with Crippen molar-refractivity contribution in [1.29, 1.82) is 0 Å². The Bertz CT molecular complexity index is 1060. The molecule has 164 valence electrons. The molecule has 4 rings (SSSR count). The van der Waals surface area contributed by atoms with E-state index < -0.39 is 11.4 Å². The van der Waals surface area contributed by atoms with Crippen molar-refractivity contribution >= 4 is 11.8 Å². The van der Waals surface area contributed by atoms with Gasteiger partial charge < -0.3 is 14.7 Å². The number of carbonyl (C=O) groups excluding carboxylic acids is 2. The number of rotatable bonds is 3. The van der Waals surface area contributed by atoms with E-state index in [9.17, 15) is 18.8 Å². The number of hydrogen-bond donors (Lipinski definition) is 0. The molecule has 0 saturated carbocycles. The van der Waals surface area contributed by atoms with Gasteiger partial charge in [-0.3, -0.25) is 19.0 Å². The number of likely N-dealkylation sites (N-methyl/N-ethyl adjacent to an activating group) is 1. The molecular formula is C23H27FN4O3. The first-order chi connectivity index (χ1) is 14.9. The van der Waals surface area contributed by atoms with Gasteiger partial charge in [0.15, 0.2) is 0 Å². The van der Waals surface area contributed by atoms with Crippen LogP contribution in [0.5, 0.6) is 0 Å². The van der Waals surface area contributed by atoms with Crippen LogP contribution in [0.4, 0.5) is 4.39 Å². The van der Waals surface area contributed by atoms with Crippen molar-refractivity contribution in [1.82, 2.24) is 19.3 Å². The van der Waals surface area contributed by atoms with Gasteiger partial charge in [-0.05, 0) is 48.9 Å². The molecular weight excluding hydrogens is 399 g/mol. The van der Waals surface area contributed by atoms with Crippen molar-refractivity contribution in [3.63, 3.8) is 0 Å². The molecule has 7 nitrogen and oxygen atoms in total. The molecule has 0 N–H and O–H groups in total. The van der Waals surface area contributed by atoms with Gasteiger partial charge in [-0.25, -0.2) is 4.39 Å². The number of hydrogen-bond acceptors (Lipinski definition) is 4. The van der Waals surface area contributed by atoms with Crippen molar-refractivity contribution in [3.8, 4) is 5.69 Å². The lowest BCUT2D eigenvalue weighted by Crippen LogP contribution is -2.49. The molecule has 1 fully saturated rings. The number of carbonyl (C=O) groups is 2. The fourth-order valence-electron chi connectivity index (χ4n) is 4.27. The quantitative estimate of drug-likeness (QED) is 0.749. The van der Waals surface area contributed by atoms with E-state index >= 15 is 0 Å². The number of aromatic nitrogens is 1. The lowest BCUT2D eigenvalue weighted by molar-refractivity contribution is -0.131. The van der Waals surface area contributed by atoms with Crippen molar-refractivity contribution in [2.75, 3.05) is 39.8 Å². The van der Waals surface area contributed by atoms with Gasteiger partial charge in [0.2, 0.25) is 5.91 Å². The first-order valence-corrected chi connectivity index (χ1v) is 10.7. The molecule has 2 aliphatic rings. The minimum absolute atomic E-state index is 0.0390. The molecule has 0 unspecified atom stereocenters. The van der Waals surface area contributed by atoms with Crippen LogP contribution in [-0.2, 0) is 17.8 Å². The summed E-state index contributed by atoms with van der Waals surface area (Å²) in [6.45, 7) is 5.30. The van der Waals surface area contributed by atoms with Crippen LogP contribution < -0.4 is 5.56 Å². The Morgan fingerprint density at radius 1 is 1.00 bits per heavy atom. The predicted octanol–water partition coefficient (Wildman–Crippen LogP) is 1.66. The third-order valence-corrected chi connectivity index (χ3v) is 6.16. The minimum Gasteiger partial charge on any atom is -0.338 e. The van der Waals surface area contributed by atoms with E-state index in [0.717, 1.165) is 24.2 Å². The summed E-state index contributed by atoms with van der Waals surface area (Å²) in [7, 11) is 2.01. The predicted molar refractivity (Wildman–Crippen MR) is 115 cm³/mol. The summed E-state index contributed by atoms with van der Waals surface area (Å²) in [5.74, 6) is -0.624. The number of halogens is 1. The summed E-state index contributed by atoms with van der Waals surface area (Å²) >= 11 is 0. The molecule has 2 amide bonds. The van der Waals surface area contributed by atoms with E-state index in [1.165, 1.54) is 28.8 Å². The molecule has 1 aromatic heterocycles. The Labute approximate surface area is 180 Å². The fourth-order valence-corrected chi connectivity index (χ4v) is 4.27. The maximum Gasteiger partial charge on any atom is 0.268 e. The second-order valence-electron chi connectivity index (χ2n) is 8.17. The second-order valence-corrected chi connectivity index (χ2v) is 8.17. The zero-order chi connectivity index (χ0) is 22.1. The summed E-state index contributed by atoms with van der Waals surface area (Å²) in [4.78, 5) is 44.8. The minimum atomic E-state index is -0.400. The Kier molecular flexibility index (Phi) is 5.91. The van der Waals surface area contributed by atoms with Crippen LogP contribution in [-0.4, -0.2) is 70.9 Å². The Morgan fingerprint density at radius 2 is 1.68 bits per heavy atom. The van der Waals surface area contributed by atoms with Crippen molar-refractivity contribution in [3.05, 3.63) is 63.3 Å². The average Bonchev–Trinajstić information content (AvgIpc) is 2.78. The molecule has 8 heteroatoms. The molecule has 0 atom stereocenters. The van der Waals surface area contributed by atoms with Gasteiger partial charge in [0, 0.05) is 57.6 Å². The van der Waals surface area contributed by atoms with Gasteiger partial charge in [-0.2, -0.15) is 0 Å². The van der Waals surface area contributed by atoms with Gasteiger partial charge >= 0.3 is 0 Å². The maximum atomic E-state index is 13.5. The molecule has 0 spiro atoms. The fraction of sp³-hybridized carbons (Fsp3) is 0.435. The van der Waals surface area contributed by atoms with E-state index in [4.69, 9.17) is 0 Å². The van der Waals surface area contributed by atoms with E-state index in [0.29, 0.717) is 44.7 Å². The standard InChI is InChI=1S/C23H27FN4O3/c1-3-20(29)27-9-8-19-16(14-27)15-28(18-6-4-17(24)5-7-18)23(31)21(19)22(30)26-12-10-25(2)11-13-26/h4-7,15H,3,8-14H2,1-2H3. The molecule has 1 aromatic carbocycles. The summed E-state index contributed by atoms with van der Waals surface area (Å²) < 4.78 is 14.8. The first-order valence-electron chi connectivity index (χ1n) is 10.7. The summed E-state index contributed by atoms with van der Waals surface area (Å²) in [6, 6.07) is 5.61. The van der Waals surface area contributed by atoms with Crippen LogP contribution in [0.1, 0.15) is 34.8 Å². The molecule has 0 bridgehead atoms. The Balaban J connectivity index is 1.82. The van der Waals surface area contributed by atoms with Crippen molar-refractivity contribution in [2.24, 2.45) is 0 Å². The maximum absolute atomic E-state index is 13.5. The average molecular weight is 426 g/mol. The second kappa shape index (κ2) is 8.63. The number of fused-ring (bicyclic) bond motifs is 1. The number of nitrogens with zero attached hydrogens (tertiary/aromatic N) is 4. The van der Waals surface area contributed by atoms with Crippen LogP contribution >= 0.6 is 0 Å². The number of benzene rings is 1. The summed E-state index contributed by atoms with van der Waals surface area (Å²) in [5.41, 5.74) is 1.78. The van der Waals surface area contributed by atoms with Crippen LogP contribution in [0.25, 0.3) is 5.69 Å². The highest BCUT2D eigenvalue weighted by atomic mass is 19.1. The topological polar surface area (TPSA) is 65.9 Å². The van der Waals surface area contributed by atoms with E-state index in [1.54, 1.807) is 16.0 Å². The largest absolute Gasteiger partial charge is 0.338 e. The normalized spacial score (nSPS) is 16.9. The van der Waals surface area contributed by atoms with Crippen LogP contribution in [0.15, 0.2) is 35.3 Å². The van der Waals surface area contributed by atoms with Crippen LogP contribution in [0.3, 0.4) is 0 Å². The third-order valence-electron chi connectivity index (χ3n) is 6.16. The highest BCUT2D eigenvalue weighted by Gasteiger charge is 2.31. The number of amides is 2. The molecule has 0 aliphatic carbocycles. The molecule has 0 radical (unpaired) electrons. The summed E-state index contributed by atoms with van der Waals surface area (Å²) in [6.07, 6.45) is 2.57. The zero-order valence-corrected chi connectivity index (χ0v) is 17.9. The number of piperazine rings is 1. The molecule has 2 aliphatic heterocycles. The monoisotopic (exact) mass is 426 g/mol. The Hall–Kier alpha value is -3.00. The van der Waals surface area contributed by atoms with Gasteiger partial charge in [0.05, 0.1) is 0 Å². The van der Waals surface area contributed by atoms with Gasteiger partial charge in [0.1, 0.15) is 11.4 Å².